The van der Waals surface area contributed by atoms with E-state index in [0.29, 0.717) is 17.0 Å². The van der Waals surface area contributed by atoms with Crippen molar-refractivity contribution >= 4 is 12.9 Å². The molecule has 0 saturated carbocycles. The molecular weight excluding hydrogens is 181 g/mol. The van der Waals surface area contributed by atoms with Crippen molar-refractivity contribution < 1.29 is 5.02 Å². The van der Waals surface area contributed by atoms with E-state index in [4.69, 9.17) is 5.02 Å². The van der Waals surface area contributed by atoms with Crippen LogP contribution in [0.15, 0.2) is 18.3 Å². The molecule has 2 rings (SSSR count). The molecule has 2 heterocycles. The van der Waals surface area contributed by atoms with Crippen LogP contribution in [0.1, 0.15) is 0 Å². The van der Waals surface area contributed by atoms with Gasteiger partial charge < -0.3 is 5.02 Å². The zero-order valence-electron chi connectivity index (χ0n) is 7.49. The maximum absolute atomic E-state index is 8.69. The van der Waals surface area contributed by atoms with Crippen LogP contribution in [0.2, 0.25) is 0 Å². The van der Waals surface area contributed by atoms with Gasteiger partial charge in [-0.15, -0.1) is 10.2 Å². The lowest BCUT2D eigenvalue weighted by Gasteiger charge is -1.94. The van der Waals surface area contributed by atoms with E-state index in [-0.39, 0.29) is 0 Å². The largest absolute Gasteiger partial charge is 0.450 e. The number of tetrazole rings is 1. The Morgan fingerprint density at radius 1 is 1.43 bits per heavy atom. The molecule has 6 nitrogen and oxygen atoms in total. The van der Waals surface area contributed by atoms with E-state index in [9.17, 15) is 0 Å². The van der Waals surface area contributed by atoms with Crippen LogP contribution in [0.5, 0.6) is 0 Å². The Kier molecular flexibility index (Phi) is 2.24. The third kappa shape index (κ3) is 1.62. The number of aryl methyl sites for hydroxylation is 1. The van der Waals surface area contributed by atoms with E-state index in [1.165, 1.54) is 11.0 Å². The number of rotatable bonds is 2. The van der Waals surface area contributed by atoms with E-state index in [1.54, 1.807) is 19.2 Å². The van der Waals surface area contributed by atoms with Gasteiger partial charge in [0, 0.05) is 6.20 Å². The summed E-state index contributed by atoms with van der Waals surface area (Å²) in [6.45, 7) is 0. The van der Waals surface area contributed by atoms with Gasteiger partial charge in [-0.1, -0.05) is 6.07 Å². The van der Waals surface area contributed by atoms with Gasteiger partial charge in [-0.3, -0.25) is 4.98 Å². The average Bonchev–Trinajstić information content (AvgIpc) is 2.65. The minimum absolute atomic E-state index is 0.469. The highest BCUT2D eigenvalue weighted by atomic mass is 16.2. The van der Waals surface area contributed by atoms with Crippen molar-refractivity contribution in [3.8, 4) is 11.5 Å². The normalized spacial score (nSPS) is 10.1. The quantitative estimate of drug-likeness (QED) is 0.581. The second-order valence-electron chi connectivity index (χ2n) is 2.71. The zero-order valence-corrected chi connectivity index (χ0v) is 7.49. The maximum Gasteiger partial charge on any atom is 0.328 e. The third-order valence-corrected chi connectivity index (χ3v) is 1.67. The van der Waals surface area contributed by atoms with Gasteiger partial charge in [-0.25, -0.2) is 0 Å². The standard InChI is InChI=1S/C7H7BN5O/c1-13-11-7(10-12-13)6-3-2-5(8-14)4-9-6/h2-4,14H,1H3. The predicted octanol–water partition coefficient (Wildman–Crippen LogP) is -1.49. The summed E-state index contributed by atoms with van der Waals surface area (Å²) in [6.07, 6.45) is 1.53. The lowest BCUT2D eigenvalue weighted by molar-refractivity contribution is 0.615. The van der Waals surface area contributed by atoms with E-state index >= 15 is 0 Å². The monoisotopic (exact) mass is 188 g/mol. The fraction of sp³-hybridized carbons (Fsp3) is 0.143. The van der Waals surface area contributed by atoms with E-state index < -0.39 is 0 Å². The van der Waals surface area contributed by atoms with Gasteiger partial charge >= 0.3 is 7.48 Å². The fourth-order valence-corrected chi connectivity index (χ4v) is 1.00. The SMILES string of the molecule is Cn1nnc(-c2ccc([B]O)cn2)n1. The number of aromatic nitrogens is 5. The van der Waals surface area contributed by atoms with Crippen LogP contribution in [-0.2, 0) is 7.05 Å². The Morgan fingerprint density at radius 2 is 2.29 bits per heavy atom. The van der Waals surface area contributed by atoms with Crippen LogP contribution in [0.4, 0.5) is 0 Å². The molecule has 14 heavy (non-hydrogen) atoms. The summed E-state index contributed by atoms with van der Waals surface area (Å²) in [6, 6.07) is 3.44. The molecule has 0 bridgehead atoms. The van der Waals surface area contributed by atoms with Crippen LogP contribution in [0, 0.1) is 0 Å². The molecule has 1 radical (unpaired) electrons. The molecule has 0 amide bonds. The molecule has 0 unspecified atom stereocenters. The first-order valence-electron chi connectivity index (χ1n) is 3.97. The van der Waals surface area contributed by atoms with Crippen molar-refractivity contribution in [2.45, 2.75) is 0 Å². The Labute approximate surface area is 80.9 Å². The van der Waals surface area contributed by atoms with Crippen LogP contribution < -0.4 is 5.46 Å². The third-order valence-electron chi connectivity index (χ3n) is 1.67. The zero-order chi connectivity index (χ0) is 9.97. The molecule has 0 aromatic carbocycles. The minimum Gasteiger partial charge on any atom is -0.450 e. The molecule has 0 spiro atoms. The van der Waals surface area contributed by atoms with Crippen molar-refractivity contribution in [2.24, 2.45) is 7.05 Å². The van der Waals surface area contributed by atoms with Crippen molar-refractivity contribution in [3.05, 3.63) is 18.3 Å². The van der Waals surface area contributed by atoms with Crippen LogP contribution >= 0.6 is 0 Å². The van der Waals surface area contributed by atoms with Gasteiger partial charge in [-0.2, -0.15) is 4.80 Å². The molecule has 0 aliphatic heterocycles. The molecule has 0 atom stereocenters. The molecule has 2 aromatic heterocycles. The molecule has 0 aliphatic rings. The summed E-state index contributed by atoms with van der Waals surface area (Å²) >= 11 is 0. The van der Waals surface area contributed by atoms with Crippen molar-refractivity contribution in [2.75, 3.05) is 0 Å². The minimum atomic E-state index is 0.469. The maximum atomic E-state index is 8.69. The summed E-state index contributed by atoms with van der Waals surface area (Å²) in [7, 11) is 2.67. The molecule has 0 aliphatic carbocycles. The second-order valence-corrected chi connectivity index (χ2v) is 2.71. The molecule has 0 saturated heterocycles. The Balaban J connectivity index is 2.33. The summed E-state index contributed by atoms with van der Waals surface area (Å²) in [5, 5.41) is 20.2. The molecule has 0 fully saturated rings. The lowest BCUT2D eigenvalue weighted by atomic mass is 9.91. The highest BCUT2D eigenvalue weighted by Gasteiger charge is 2.05. The number of hydrogen-bond acceptors (Lipinski definition) is 5. The van der Waals surface area contributed by atoms with Gasteiger partial charge in [0.05, 0.1) is 7.05 Å². The van der Waals surface area contributed by atoms with Crippen LogP contribution in [-0.4, -0.2) is 37.7 Å². The summed E-state index contributed by atoms with van der Waals surface area (Å²) in [5.74, 6) is 0.469. The summed E-state index contributed by atoms with van der Waals surface area (Å²) in [5.41, 5.74) is 1.27. The lowest BCUT2D eigenvalue weighted by Crippen LogP contribution is -2.13. The molecule has 69 valence electrons. The van der Waals surface area contributed by atoms with Gasteiger partial charge in [0.1, 0.15) is 5.69 Å². The molecular formula is C7H7BN5O. The van der Waals surface area contributed by atoms with Crippen LogP contribution in [0.3, 0.4) is 0 Å². The van der Waals surface area contributed by atoms with Gasteiger partial charge in [0.25, 0.3) is 0 Å². The van der Waals surface area contributed by atoms with Crippen molar-refractivity contribution in [3.63, 3.8) is 0 Å². The smallest absolute Gasteiger partial charge is 0.328 e. The molecule has 2 aromatic rings. The first-order chi connectivity index (χ1) is 6.79. The summed E-state index contributed by atoms with van der Waals surface area (Å²) < 4.78 is 0. The molecule has 7 heteroatoms. The van der Waals surface area contributed by atoms with E-state index in [1.807, 2.05) is 0 Å². The summed E-state index contributed by atoms with van der Waals surface area (Å²) in [4.78, 5) is 5.43. The van der Waals surface area contributed by atoms with Gasteiger partial charge in [0.15, 0.2) is 0 Å². The van der Waals surface area contributed by atoms with Gasteiger partial charge in [-0.05, 0) is 16.7 Å². The van der Waals surface area contributed by atoms with Crippen molar-refractivity contribution in [1.29, 1.82) is 0 Å². The number of pyridine rings is 1. The fourth-order valence-electron chi connectivity index (χ4n) is 1.00. The average molecular weight is 188 g/mol. The predicted molar refractivity (Wildman–Crippen MR) is 49.6 cm³/mol. The van der Waals surface area contributed by atoms with Gasteiger partial charge in [0.2, 0.25) is 5.82 Å². The van der Waals surface area contributed by atoms with Crippen LogP contribution in [0.25, 0.3) is 11.5 Å². The van der Waals surface area contributed by atoms with E-state index in [2.05, 4.69) is 20.4 Å². The molecule has 1 N–H and O–H groups in total. The first-order valence-corrected chi connectivity index (χ1v) is 3.97. The van der Waals surface area contributed by atoms with E-state index in [0.717, 1.165) is 7.48 Å². The topological polar surface area (TPSA) is 76.7 Å². The first kappa shape index (κ1) is 8.83. The second kappa shape index (κ2) is 3.55. The van der Waals surface area contributed by atoms with Crippen molar-refractivity contribution in [1.82, 2.24) is 25.2 Å². The highest BCUT2D eigenvalue weighted by Crippen LogP contribution is 2.06. The number of nitrogens with zero attached hydrogens (tertiary/aromatic N) is 5. The Morgan fingerprint density at radius 3 is 2.79 bits per heavy atom. The highest BCUT2D eigenvalue weighted by molar-refractivity contribution is 6.45. The Bertz CT molecular complexity index is 426. The number of hydrogen-bond donors (Lipinski definition) is 1. The Hall–Kier alpha value is -1.76.